The molecule has 1 aromatic rings. The molecule has 0 aromatic carbocycles. The minimum atomic E-state index is -4.44. The van der Waals surface area contributed by atoms with Gasteiger partial charge >= 0.3 is 5.97 Å². The summed E-state index contributed by atoms with van der Waals surface area (Å²) in [7, 11) is -2.47. The van der Waals surface area contributed by atoms with Crippen LogP contribution in [-0.2, 0) is 24.3 Å². The number of rotatable bonds is 9. The number of sulfonamides is 1. The Labute approximate surface area is 154 Å². The Morgan fingerprint density at radius 1 is 1.30 bits per heavy atom. The van der Waals surface area contributed by atoms with Crippen LogP contribution in [0.15, 0.2) is 23.4 Å². The van der Waals surface area contributed by atoms with E-state index in [0.717, 1.165) is 32.6 Å². The third-order valence-corrected chi connectivity index (χ3v) is 5.34. The van der Waals surface area contributed by atoms with E-state index in [0.29, 0.717) is 4.31 Å². The third-order valence-electron chi connectivity index (χ3n) is 3.51. The highest BCUT2D eigenvalue weighted by molar-refractivity contribution is 7.89. The van der Waals surface area contributed by atoms with Gasteiger partial charge in [0.05, 0.1) is 37.9 Å². The molecule has 1 heterocycles. The SMILES string of the molecule is COC(=O)C(CO)NC(=O)c1cncc(S(=O)(=O)N(C)C(CO)C(=O)[O-])c1. The second-order valence-electron chi connectivity index (χ2n) is 5.18. The second-order valence-corrected chi connectivity index (χ2v) is 7.18. The monoisotopic (exact) mass is 404 g/mol. The molecule has 0 spiro atoms. The summed E-state index contributed by atoms with van der Waals surface area (Å²) >= 11 is 0. The molecule has 0 bridgehead atoms. The number of carboxylic acids is 1. The number of carboxylic acid groups (broad SMARTS) is 1. The van der Waals surface area contributed by atoms with Crippen LogP contribution in [0.1, 0.15) is 10.4 Å². The molecule has 0 aliphatic heterocycles. The van der Waals surface area contributed by atoms with Crippen molar-refractivity contribution >= 4 is 27.9 Å². The third kappa shape index (κ3) is 5.19. The maximum atomic E-state index is 12.5. The van der Waals surface area contributed by atoms with Crippen LogP contribution in [0.25, 0.3) is 0 Å². The van der Waals surface area contributed by atoms with E-state index in [1.54, 1.807) is 0 Å². The van der Waals surface area contributed by atoms with Crippen molar-refractivity contribution in [2.24, 2.45) is 0 Å². The summed E-state index contributed by atoms with van der Waals surface area (Å²) in [6.07, 6.45) is 1.87. The molecule has 1 amide bonds. The fourth-order valence-electron chi connectivity index (χ4n) is 1.92. The van der Waals surface area contributed by atoms with Crippen molar-refractivity contribution in [3.63, 3.8) is 0 Å². The van der Waals surface area contributed by atoms with Crippen molar-refractivity contribution in [2.75, 3.05) is 27.4 Å². The van der Waals surface area contributed by atoms with Gasteiger partial charge in [0.15, 0.2) is 6.04 Å². The van der Waals surface area contributed by atoms with Gasteiger partial charge in [-0.15, -0.1) is 0 Å². The Balaban J connectivity index is 3.15. The molecule has 0 saturated heterocycles. The molecule has 1 aromatic heterocycles. The molecule has 0 fully saturated rings. The number of carbonyl (C=O) groups is 3. The van der Waals surface area contributed by atoms with Crippen molar-refractivity contribution in [1.29, 1.82) is 0 Å². The molecule has 2 unspecified atom stereocenters. The summed E-state index contributed by atoms with van der Waals surface area (Å²) in [5, 5.41) is 31.2. The minimum absolute atomic E-state index is 0.277. The van der Waals surface area contributed by atoms with Crippen LogP contribution in [0.4, 0.5) is 0 Å². The average molecular weight is 404 g/mol. The topological polar surface area (TPSA) is 186 Å². The number of nitrogens with one attached hydrogen (secondary N) is 1. The molecule has 2 atom stereocenters. The first-order valence-electron chi connectivity index (χ1n) is 7.34. The zero-order chi connectivity index (χ0) is 20.8. The van der Waals surface area contributed by atoms with Gasteiger partial charge in [-0.2, -0.15) is 4.31 Å². The number of aliphatic hydroxyl groups is 2. The number of amides is 1. The lowest BCUT2D eigenvalue weighted by molar-refractivity contribution is -0.310. The molecule has 0 radical (unpaired) electrons. The van der Waals surface area contributed by atoms with Gasteiger partial charge < -0.3 is 30.2 Å². The lowest BCUT2D eigenvalue weighted by Crippen LogP contribution is -2.50. The summed E-state index contributed by atoms with van der Waals surface area (Å²) in [6, 6.07) is -2.32. The lowest BCUT2D eigenvalue weighted by atomic mass is 10.2. The van der Waals surface area contributed by atoms with E-state index in [-0.39, 0.29) is 5.56 Å². The number of nitrogens with zero attached hydrogens (tertiary/aromatic N) is 2. The molecule has 13 heteroatoms. The van der Waals surface area contributed by atoms with E-state index in [4.69, 9.17) is 10.2 Å². The predicted octanol–water partition coefficient (Wildman–Crippen LogP) is -3.92. The van der Waals surface area contributed by atoms with E-state index < -0.39 is 58.1 Å². The second kappa shape index (κ2) is 9.36. The minimum Gasteiger partial charge on any atom is -0.548 e. The number of esters is 1. The normalized spacial score (nSPS) is 13.7. The Kier molecular flexibility index (Phi) is 7.78. The zero-order valence-corrected chi connectivity index (χ0v) is 15.2. The van der Waals surface area contributed by atoms with E-state index >= 15 is 0 Å². The van der Waals surface area contributed by atoms with Crippen LogP contribution in [0.3, 0.4) is 0 Å². The van der Waals surface area contributed by atoms with E-state index in [9.17, 15) is 27.9 Å². The lowest BCUT2D eigenvalue weighted by Gasteiger charge is -2.26. The van der Waals surface area contributed by atoms with Crippen LogP contribution < -0.4 is 10.4 Å². The van der Waals surface area contributed by atoms with Crippen LogP contribution >= 0.6 is 0 Å². The maximum absolute atomic E-state index is 12.5. The van der Waals surface area contributed by atoms with Gasteiger partial charge in [0, 0.05) is 19.4 Å². The summed E-state index contributed by atoms with van der Waals surface area (Å²) < 4.78 is 29.7. The molecule has 0 saturated carbocycles. The number of pyridine rings is 1. The molecule has 12 nitrogen and oxygen atoms in total. The number of aliphatic hydroxyl groups excluding tert-OH is 2. The average Bonchev–Trinajstić information content (AvgIpc) is 2.65. The first-order chi connectivity index (χ1) is 12.6. The summed E-state index contributed by atoms with van der Waals surface area (Å²) in [4.78, 5) is 37.6. The maximum Gasteiger partial charge on any atom is 0.330 e. The van der Waals surface area contributed by atoms with E-state index in [2.05, 4.69) is 15.0 Å². The number of hydrogen-bond acceptors (Lipinski definition) is 10. The van der Waals surface area contributed by atoms with E-state index in [1.165, 1.54) is 0 Å². The van der Waals surface area contributed by atoms with E-state index in [1.807, 2.05) is 0 Å². The number of methoxy groups -OCH3 is 1. The molecular formula is C14H18N3O9S-. The smallest absolute Gasteiger partial charge is 0.330 e. The fraction of sp³-hybridized carbons (Fsp3) is 0.429. The highest BCUT2D eigenvalue weighted by Gasteiger charge is 2.30. The van der Waals surface area contributed by atoms with Crippen molar-refractivity contribution in [3.8, 4) is 0 Å². The van der Waals surface area contributed by atoms with Crippen LogP contribution in [0.5, 0.6) is 0 Å². The van der Waals surface area contributed by atoms with Crippen LogP contribution in [0.2, 0.25) is 0 Å². The standard InChI is InChI=1S/C14H19N3O9S/c1-17(11(7-19)13(21)22)27(24,25)9-3-8(4-15-5-9)12(20)16-10(6-18)14(23)26-2/h3-5,10-11,18-19H,6-7H2,1-2H3,(H,16,20)(H,21,22)/p-1. The highest BCUT2D eigenvalue weighted by Crippen LogP contribution is 2.17. The van der Waals surface area contributed by atoms with Crippen LogP contribution in [0, 0.1) is 0 Å². The number of aliphatic carboxylic acids is 1. The number of carbonyl (C=O) groups excluding carboxylic acids is 3. The van der Waals surface area contributed by atoms with Gasteiger partial charge in [-0.1, -0.05) is 0 Å². The number of likely N-dealkylation sites (N-methyl/N-ethyl adjacent to an activating group) is 1. The van der Waals surface area contributed by atoms with Gasteiger partial charge in [0.1, 0.15) is 4.90 Å². The molecule has 150 valence electrons. The number of hydrogen-bond donors (Lipinski definition) is 3. The fourth-order valence-corrected chi connectivity index (χ4v) is 3.21. The van der Waals surface area contributed by atoms with Crippen molar-refractivity contribution in [1.82, 2.24) is 14.6 Å². The molecular weight excluding hydrogens is 386 g/mol. The van der Waals surface area contributed by atoms with Gasteiger partial charge in [0.25, 0.3) is 5.91 Å². The molecule has 27 heavy (non-hydrogen) atoms. The van der Waals surface area contributed by atoms with Crippen molar-refractivity contribution in [3.05, 3.63) is 24.0 Å². The van der Waals surface area contributed by atoms with Gasteiger partial charge in [-0.25, -0.2) is 13.2 Å². The Morgan fingerprint density at radius 2 is 1.93 bits per heavy atom. The van der Waals surface area contributed by atoms with Gasteiger partial charge in [-0.3, -0.25) is 9.78 Å². The largest absolute Gasteiger partial charge is 0.548 e. The molecule has 0 aliphatic carbocycles. The van der Waals surface area contributed by atoms with Crippen LogP contribution in [-0.4, -0.2) is 85.2 Å². The Morgan fingerprint density at radius 3 is 2.41 bits per heavy atom. The predicted molar refractivity (Wildman–Crippen MR) is 85.4 cm³/mol. The van der Waals surface area contributed by atoms with Crippen molar-refractivity contribution < 1.29 is 42.9 Å². The molecule has 0 aliphatic rings. The van der Waals surface area contributed by atoms with Gasteiger partial charge in [-0.05, 0) is 6.07 Å². The first kappa shape index (κ1) is 22.4. The molecule has 3 N–H and O–H groups in total. The van der Waals surface area contributed by atoms with Crippen molar-refractivity contribution in [2.45, 2.75) is 17.0 Å². The summed E-state index contributed by atoms with van der Waals surface area (Å²) in [5.41, 5.74) is -0.277. The summed E-state index contributed by atoms with van der Waals surface area (Å²) in [6.45, 7) is -1.78. The Bertz CT molecular complexity index is 812. The number of aromatic nitrogens is 1. The van der Waals surface area contributed by atoms with Gasteiger partial charge in [0.2, 0.25) is 10.0 Å². The first-order valence-corrected chi connectivity index (χ1v) is 8.78. The molecule has 1 rings (SSSR count). The quantitative estimate of drug-likeness (QED) is 0.343. The summed E-state index contributed by atoms with van der Waals surface area (Å²) in [5.74, 6) is -3.65. The highest BCUT2D eigenvalue weighted by atomic mass is 32.2. The number of ether oxygens (including phenoxy) is 1. The zero-order valence-electron chi connectivity index (χ0n) is 14.4. The Hall–Kier alpha value is -2.61.